The molecule has 2 aliphatic heterocycles. The van der Waals surface area contributed by atoms with Gasteiger partial charge in [0.05, 0.1) is 17.5 Å². The van der Waals surface area contributed by atoms with Crippen molar-refractivity contribution in [1.82, 2.24) is 5.32 Å². The van der Waals surface area contributed by atoms with Crippen molar-refractivity contribution in [2.75, 3.05) is 4.90 Å². The van der Waals surface area contributed by atoms with Crippen LogP contribution in [-0.4, -0.2) is 33.5 Å². The van der Waals surface area contributed by atoms with Gasteiger partial charge in [0.1, 0.15) is 11.3 Å². The van der Waals surface area contributed by atoms with Gasteiger partial charge in [0.15, 0.2) is 0 Å². The van der Waals surface area contributed by atoms with Crippen LogP contribution in [0.5, 0.6) is 5.75 Å². The maximum absolute atomic E-state index is 13.6. The average Bonchev–Trinajstić information content (AvgIpc) is 3.22. The van der Waals surface area contributed by atoms with E-state index in [4.69, 9.17) is 0 Å². The molecule has 0 aromatic heterocycles. The average molecular weight is 416 g/mol. The van der Waals surface area contributed by atoms with Crippen LogP contribution in [0.3, 0.4) is 0 Å². The summed E-state index contributed by atoms with van der Waals surface area (Å²) in [5.74, 6) is -4.38. The summed E-state index contributed by atoms with van der Waals surface area (Å²) in [6.07, 6.45) is 0. The molecule has 7 heteroatoms. The lowest BCUT2D eigenvalue weighted by Gasteiger charge is -2.27. The Kier molecular flexibility index (Phi) is 4.13. The zero-order valence-electron chi connectivity index (χ0n) is 16.6. The van der Waals surface area contributed by atoms with E-state index < -0.39 is 41.2 Å². The van der Waals surface area contributed by atoms with Crippen molar-refractivity contribution < 1.29 is 24.6 Å². The highest BCUT2D eigenvalue weighted by Crippen LogP contribution is 2.51. The van der Waals surface area contributed by atoms with Crippen LogP contribution in [0.1, 0.15) is 18.5 Å². The fourth-order valence-corrected chi connectivity index (χ4v) is 4.99. The van der Waals surface area contributed by atoms with E-state index in [1.54, 1.807) is 30.3 Å². The molecule has 7 nitrogen and oxygen atoms in total. The van der Waals surface area contributed by atoms with E-state index in [0.717, 1.165) is 15.7 Å². The number of carbonyl (C=O) groups excluding carboxylic acids is 2. The lowest BCUT2D eigenvalue weighted by atomic mass is 9.80. The van der Waals surface area contributed by atoms with Crippen LogP contribution in [0.2, 0.25) is 0 Å². The van der Waals surface area contributed by atoms with E-state index in [0.29, 0.717) is 11.3 Å². The number of aliphatic carboxylic acids is 1. The fraction of sp³-hybridized carbons (Fsp3) is 0.208. The molecular weight excluding hydrogens is 396 g/mol. The number of amides is 2. The highest BCUT2D eigenvalue weighted by Gasteiger charge is 2.67. The van der Waals surface area contributed by atoms with E-state index in [-0.39, 0.29) is 5.75 Å². The fourth-order valence-electron chi connectivity index (χ4n) is 4.99. The van der Waals surface area contributed by atoms with Crippen LogP contribution in [0.25, 0.3) is 10.8 Å². The van der Waals surface area contributed by atoms with Crippen molar-refractivity contribution in [1.29, 1.82) is 0 Å². The second kappa shape index (κ2) is 6.65. The number of para-hydroxylation sites is 1. The first-order chi connectivity index (χ1) is 14.8. The topological polar surface area (TPSA) is 107 Å². The summed E-state index contributed by atoms with van der Waals surface area (Å²) >= 11 is 0. The molecule has 3 aromatic rings. The Morgan fingerprint density at radius 3 is 2.39 bits per heavy atom. The Balaban J connectivity index is 1.68. The Bertz CT molecular complexity index is 1250. The zero-order chi connectivity index (χ0) is 21.9. The molecular formula is C24H20N2O5. The largest absolute Gasteiger partial charge is 0.508 e. The lowest BCUT2D eigenvalue weighted by Crippen LogP contribution is -2.53. The highest BCUT2D eigenvalue weighted by atomic mass is 16.4. The van der Waals surface area contributed by atoms with Crippen molar-refractivity contribution in [3.63, 3.8) is 0 Å². The smallest absolute Gasteiger partial charge is 0.324 e. The molecule has 2 aliphatic rings. The Hall–Kier alpha value is -3.71. The number of hydrogen-bond acceptors (Lipinski definition) is 5. The molecule has 2 amide bonds. The summed E-state index contributed by atoms with van der Waals surface area (Å²) in [7, 11) is 0. The van der Waals surface area contributed by atoms with Gasteiger partial charge < -0.3 is 10.2 Å². The Morgan fingerprint density at radius 2 is 1.65 bits per heavy atom. The number of carboxylic acid groups (broad SMARTS) is 1. The number of benzene rings is 3. The second-order valence-corrected chi connectivity index (χ2v) is 8.20. The summed E-state index contributed by atoms with van der Waals surface area (Å²) in [5.41, 5.74) is -0.835. The first-order valence-corrected chi connectivity index (χ1v) is 9.99. The quantitative estimate of drug-likeness (QED) is 0.567. The Morgan fingerprint density at radius 1 is 0.968 bits per heavy atom. The van der Waals surface area contributed by atoms with E-state index in [2.05, 4.69) is 5.32 Å². The molecule has 0 radical (unpaired) electrons. The minimum absolute atomic E-state index is 0.0581. The van der Waals surface area contributed by atoms with Crippen molar-refractivity contribution >= 4 is 34.2 Å². The standard InChI is InChI=1S/C24H20N2O5/c1-24(23(30)31)19-18(20(25-24)15-10-4-5-12-17(15)27)21(28)26(22(19)29)16-11-6-8-13-7-2-3-9-14(13)16/h2-12,18-20,25,27H,1H3,(H,30,31)/t18-,19-,20-,24+/m1/s1. The summed E-state index contributed by atoms with van der Waals surface area (Å²) in [6.45, 7) is 1.42. The number of fused-ring (bicyclic) bond motifs is 2. The van der Waals surface area contributed by atoms with Gasteiger partial charge in [0.2, 0.25) is 11.8 Å². The molecule has 3 N–H and O–H groups in total. The highest BCUT2D eigenvalue weighted by molar-refractivity contribution is 6.26. The predicted molar refractivity (Wildman–Crippen MR) is 113 cm³/mol. The lowest BCUT2D eigenvalue weighted by molar-refractivity contribution is -0.147. The normalized spacial score (nSPS) is 27.6. The van der Waals surface area contributed by atoms with Gasteiger partial charge in [-0.05, 0) is 24.4 Å². The molecule has 2 heterocycles. The van der Waals surface area contributed by atoms with Crippen LogP contribution in [0, 0.1) is 11.8 Å². The zero-order valence-corrected chi connectivity index (χ0v) is 16.6. The summed E-state index contributed by atoms with van der Waals surface area (Å²) in [6, 6.07) is 18.4. The van der Waals surface area contributed by atoms with Gasteiger partial charge >= 0.3 is 5.97 Å². The number of hydrogen-bond donors (Lipinski definition) is 3. The number of imide groups is 1. The maximum Gasteiger partial charge on any atom is 0.324 e. The van der Waals surface area contributed by atoms with Gasteiger partial charge in [-0.15, -0.1) is 0 Å². The third kappa shape index (κ3) is 2.60. The van der Waals surface area contributed by atoms with Crippen LogP contribution in [0.4, 0.5) is 5.69 Å². The summed E-state index contributed by atoms with van der Waals surface area (Å²) in [5, 5.41) is 24.9. The van der Waals surface area contributed by atoms with Crippen molar-refractivity contribution in [2.45, 2.75) is 18.5 Å². The van der Waals surface area contributed by atoms with Crippen LogP contribution < -0.4 is 10.2 Å². The van der Waals surface area contributed by atoms with Crippen molar-refractivity contribution in [2.24, 2.45) is 11.8 Å². The van der Waals surface area contributed by atoms with Crippen LogP contribution >= 0.6 is 0 Å². The third-order valence-electron chi connectivity index (χ3n) is 6.51. The minimum Gasteiger partial charge on any atom is -0.508 e. The molecule has 4 atom stereocenters. The number of aromatic hydroxyl groups is 1. The van der Waals surface area contributed by atoms with Gasteiger partial charge in [-0.3, -0.25) is 19.7 Å². The number of phenols is 1. The number of phenolic OH excluding ortho intramolecular Hbond substituents is 1. The number of nitrogens with zero attached hydrogens (tertiary/aromatic N) is 1. The maximum atomic E-state index is 13.6. The molecule has 2 fully saturated rings. The monoisotopic (exact) mass is 416 g/mol. The van der Waals surface area contributed by atoms with E-state index >= 15 is 0 Å². The van der Waals surface area contributed by atoms with Gasteiger partial charge in [0.25, 0.3) is 0 Å². The van der Waals surface area contributed by atoms with Gasteiger partial charge in [-0.25, -0.2) is 4.90 Å². The minimum atomic E-state index is -1.66. The molecule has 0 bridgehead atoms. The van der Waals surface area contributed by atoms with Crippen LogP contribution in [-0.2, 0) is 14.4 Å². The number of anilines is 1. The number of carbonyl (C=O) groups is 3. The van der Waals surface area contributed by atoms with Crippen LogP contribution in [0.15, 0.2) is 66.7 Å². The van der Waals surface area contributed by atoms with E-state index in [1.165, 1.54) is 13.0 Å². The molecule has 3 aromatic carbocycles. The molecule has 31 heavy (non-hydrogen) atoms. The molecule has 2 saturated heterocycles. The molecule has 0 aliphatic carbocycles. The number of rotatable bonds is 3. The second-order valence-electron chi connectivity index (χ2n) is 8.20. The van der Waals surface area contributed by atoms with E-state index in [9.17, 15) is 24.6 Å². The van der Waals surface area contributed by atoms with Crippen molar-refractivity contribution in [3.05, 3.63) is 72.3 Å². The Labute approximate surface area is 177 Å². The summed E-state index contributed by atoms with van der Waals surface area (Å²) in [4.78, 5) is 40.5. The SMILES string of the molecule is C[C@]1(C(=O)O)N[C@H](c2ccccc2O)[C@@H]2C(=O)N(c3cccc4ccccc34)C(=O)[C@@H]21. The van der Waals surface area contributed by atoms with Gasteiger partial charge in [-0.2, -0.15) is 0 Å². The number of carboxylic acids is 1. The van der Waals surface area contributed by atoms with Gasteiger partial charge in [0, 0.05) is 17.0 Å². The molecule has 5 rings (SSSR count). The first-order valence-electron chi connectivity index (χ1n) is 9.99. The van der Waals surface area contributed by atoms with Crippen molar-refractivity contribution in [3.8, 4) is 5.75 Å². The molecule has 0 saturated carbocycles. The van der Waals surface area contributed by atoms with Gasteiger partial charge in [-0.1, -0.05) is 54.6 Å². The summed E-state index contributed by atoms with van der Waals surface area (Å²) < 4.78 is 0. The number of nitrogens with one attached hydrogen (secondary N) is 1. The predicted octanol–water partition coefficient (Wildman–Crippen LogP) is 2.84. The molecule has 0 spiro atoms. The molecule has 0 unspecified atom stereocenters. The first kappa shape index (κ1) is 19.3. The van der Waals surface area contributed by atoms with E-state index in [1.807, 2.05) is 30.3 Å². The third-order valence-corrected chi connectivity index (χ3v) is 6.51. The molecule has 156 valence electrons.